The molecule has 7 nitrogen and oxygen atoms in total. The number of nitro groups is 1. The molecule has 1 fully saturated rings. The molecule has 2 N–H and O–H groups in total. The van der Waals surface area contributed by atoms with Crippen LogP contribution < -0.4 is 5.73 Å². The van der Waals surface area contributed by atoms with Crippen molar-refractivity contribution in [2.75, 3.05) is 12.3 Å². The molecule has 2 heterocycles. The van der Waals surface area contributed by atoms with E-state index in [1.54, 1.807) is 23.1 Å². The lowest BCUT2D eigenvalue weighted by Crippen LogP contribution is -2.34. The number of rotatable bonds is 2. The van der Waals surface area contributed by atoms with E-state index in [9.17, 15) is 15.4 Å². The standard InChI is InChI=1S/C13H11N5O2S/c14-7-9-11(8-3-1-2-4-10(8)18(19)20)16-13-17(12(9)15)5-6-21-13/h1-4,11H,5-6,15H2. The SMILES string of the molecule is N#CC1=C(N)N2CCSC2=NC1c1ccccc1[N+](=O)[O-]. The van der Waals surface area contributed by atoms with Crippen molar-refractivity contribution < 1.29 is 4.92 Å². The number of nitro benzene ring substituents is 1. The fourth-order valence-corrected chi connectivity index (χ4v) is 3.40. The molecule has 0 saturated carbocycles. The Morgan fingerprint density at radius 2 is 2.29 bits per heavy atom. The normalized spacial score (nSPS) is 20.8. The summed E-state index contributed by atoms with van der Waals surface area (Å²) in [6.45, 7) is 0.699. The zero-order chi connectivity index (χ0) is 15.0. The Bertz CT molecular complexity index is 722. The highest BCUT2D eigenvalue weighted by Gasteiger charge is 2.35. The van der Waals surface area contributed by atoms with Crippen LogP contribution in [-0.4, -0.2) is 27.3 Å². The second-order valence-electron chi connectivity index (χ2n) is 4.54. The van der Waals surface area contributed by atoms with Crippen LogP contribution >= 0.6 is 11.8 Å². The molecule has 8 heteroatoms. The molecule has 1 aromatic rings. The Balaban J connectivity index is 2.16. The Kier molecular flexibility index (Phi) is 3.27. The number of amidine groups is 1. The maximum atomic E-state index is 11.2. The van der Waals surface area contributed by atoms with Crippen molar-refractivity contribution in [3.05, 3.63) is 51.3 Å². The number of benzene rings is 1. The lowest BCUT2D eigenvalue weighted by Gasteiger charge is -2.27. The predicted molar refractivity (Wildman–Crippen MR) is 79.3 cm³/mol. The number of nitrogens with zero attached hydrogens (tertiary/aromatic N) is 4. The van der Waals surface area contributed by atoms with Gasteiger partial charge in [-0.3, -0.25) is 10.1 Å². The highest BCUT2D eigenvalue weighted by atomic mass is 32.2. The molecule has 21 heavy (non-hydrogen) atoms. The predicted octanol–water partition coefficient (Wildman–Crippen LogP) is 1.75. The van der Waals surface area contributed by atoms with Crippen LogP contribution in [0.15, 0.2) is 40.7 Å². The summed E-state index contributed by atoms with van der Waals surface area (Å²) in [7, 11) is 0. The van der Waals surface area contributed by atoms with Crippen molar-refractivity contribution in [3.8, 4) is 6.07 Å². The third-order valence-corrected chi connectivity index (χ3v) is 4.38. The molecule has 1 saturated heterocycles. The number of nitrogens with two attached hydrogens (primary N) is 1. The molecule has 0 aliphatic carbocycles. The molecule has 0 amide bonds. The van der Waals surface area contributed by atoms with Crippen LogP contribution in [0.4, 0.5) is 5.69 Å². The number of thioether (sulfide) groups is 1. The lowest BCUT2D eigenvalue weighted by molar-refractivity contribution is -0.385. The van der Waals surface area contributed by atoms with Gasteiger partial charge in [0.2, 0.25) is 0 Å². The second-order valence-corrected chi connectivity index (χ2v) is 5.60. The van der Waals surface area contributed by atoms with E-state index in [0.29, 0.717) is 17.9 Å². The van der Waals surface area contributed by atoms with Crippen molar-refractivity contribution in [2.45, 2.75) is 6.04 Å². The third-order valence-electron chi connectivity index (χ3n) is 3.41. The third kappa shape index (κ3) is 2.11. The molecule has 2 aliphatic rings. The lowest BCUT2D eigenvalue weighted by atomic mass is 9.97. The van der Waals surface area contributed by atoms with Gasteiger partial charge in [0.25, 0.3) is 5.69 Å². The minimum Gasteiger partial charge on any atom is -0.384 e. The zero-order valence-electron chi connectivity index (χ0n) is 10.9. The van der Waals surface area contributed by atoms with Crippen molar-refractivity contribution in [1.82, 2.24) is 4.90 Å². The van der Waals surface area contributed by atoms with Gasteiger partial charge in [0.05, 0.1) is 16.1 Å². The van der Waals surface area contributed by atoms with E-state index in [0.717, 1.165) is 10.9 Å². The van der Waals surface area contributed by atoms with Gasteiger partial charge in [0, 0.05) is 18.4 Å². The van der Waals surface area contributed by atoms with E-state index in [2.05, 4.69) is 11.1 Å². The van der Waals surface area contributed by atoms with Crippen molar-refractivity contribution >= 4 is 22.6 Å². The zero-order valence-corrected chi connectivity index (χ0v) is 11.7. The molecule has 0 spiro atoms. The number of fused-ring (bicyclic) bond motifs is 1. The maximum Gasteiger partial charge on any atom is 0.275 e. The molecule has 106 valence electrons. The number of para-hydroxylation sites is 1. The first-order valence-corrected chi connectivity index (χ1v) is 7.23. The van der Waals surface area contributed by atoms with Gasteiger partial charge in [-0.2, -0.15) is 5.26 Å². The summed E-state index contributed by atoms with van der Waals surface area (Å²) in [5.41, 5.74) is 6.65. The summed E-state index contributed by atoms with van der Waals surface area (Å²) < 4.78 is 0. The number of hydrogen-bond acceptors (Lipinski definition) is 7. The summed E-state index contributed by atoms with van der Waals surface area (Å²) in [5.74, 6) is 1.18. The first kappa shape index (κ1) is 13.5. The molecular formula is C13H11N5O2S. The molecule has 2 aliphatic heterocycles. The minimum absolute atomic E-state index is 0.0520. The monoisotopic (exact) mass is 301 g/mol. The van der Waals surface area contributed by atoms with E-state index in [4.69, 9.17) is 5.73 Å². The largest absolute Gasteiger partial charge is 0.384 e. The maximum absolute atomic E-state index is 11.2. The van der Waals surface area contributed by atoms with Crippen LogP contribution in [0.3, 0.4) is 0 Å². The van der Waals surface area contributed by atoms with Gasteiger partial charge >= 0.3 is 0 Å². The molecule has 1 atom stereocenters. The van der Waals surface area contributed by atoms with Gasteiger partial charge in [-0.15, -0.1) is 0 Å². The van der Waals surface area contributed by atoms with Gasteiger partial charge in [0.1, 0.15) is 17.9 Å². The topological polar surface area (TPSA) is 109 Å². The summed E-state index contributed by atoms with van der Waals surface area (Å²) in [4.78, 5) is 17.0. The van der Waals surface area contributed by atoms with Crippen LogP contribution in [0, 0.1) is 21.4 Å². The average Bonchev–Trinajstić information content (AvgIpc) is 2.96. The van der Waals surface area contributed by atoms with Crippen LogP contribution in [0.25, 0.3) is 0 Å². The fourth-order valence-electron chi connectivity index (χ4n) is 2.42. The van der Waals surface area contributed by atoms with Crippen molar-refractivity contribution in [2.24, 2.45) is 10.7 Å². The highest BCUT2D eigenvalue weighted by Crippen LogP contribution is 2.39. The number of nitriles is 1. The Hall–Kier alpha value is -2.53. The Morgan fingerprint density at radius 1 is 1.52 bits per heavy atom. The molecule has 0 radical (unpaired) electrons. The average molecular weight is 301 g/mol. The van der Waals surface area contributed by atoms with Crippen molar-refractivity contribution in [3.63, 3.8) is 0 Å². The quantitative estimate of drug-likeness (QED) is 0.658. The summed E-state index contributed by atoms with van der Waals surface area (Å²) >= 11 is 1.54. The van der Waals surface area contributed by atoms with E-state index in [1.165, 1.54) is 17.8 Å². The molecule has 1 unspecified atom stereocenters. The van der Waals surface area contributed by atoms with Gasteiger partial charge in [-0.05, 0) is 6.07 Å². The highest BCUT2D eigenvalue weighted by molar-refractivity contribution is 8.14. The summed E-state index contributed by atoms with van der Waals surface area (Å²) in [6, 6.07) is 7.66. The van der Waals surface area contributed by atoms with Gasteiger partial charge in [-0.25, -0.2) is 4.99 Å². The Morgan fingerprint density at radius 3 is 3.00 bits per heavy atom. The van der Waals surface area contributed by atoms with Crippen LogP contribution in [0.2, 0.25) is 0 Å². The van der Waals surface area contributed by atoms with Crippen LogP contribution in [0.1, 0.15) is 11.6 Å². The van der Waals surface area contributed by atoms with E-state index < -0.39 is 11.0 Å². The number of aliphatic imine (C=N–C) groups is 1. The van der Waals surface area contributed by atoms with E-state index >= 15 is 0 Å². The van der Waals surface area contributed by atoms with Crippen LogP contribution in [0.5, 0.6) is 0 Å². The van der Waals surface area contributed by atoms with Crippen LogP contribution in [-0.2, 0) is 0 Å². The first-order valence-electron chi connectivity index (χ1n) is 6.24. The van der Waals surface area contributed by atoms with Gasteiger partial charge in [-0.1, -0.05) is 23.9 Å². The molecule has 3 rings (SSSR count). The fraction of sp³-hybridized carbons (Fsp3) is 0.231. The molecular weight excluding hydrogens is 290 g/mol. The Labute approximate surface area is 124 Å². The van der Waals surface area contributed by atoms with E-state index in [-0.39, 0.29) is 11.3 Å². The van der Waals surface area contributed by atoms with E-state index in [1.807, 2.05) is 0 Å². The minimum atomic E-state index is -0.714. The first-order chi connectivity index (χ1) is 10.1. The van der Waals surface area contributed by atoms with Crippen molar-refractivity contribution in [1.29, 1.82) is 5.26 Å². The second kappa shape index (κ2) is 5.10. The summed E-state index contributed by atoms with van der Waals surface area (Å²) in [5, 5.41) is 21.3. The van der Waals surface area contributed by atoms with Gasteiger partial charge < -0.3 is 10.6 Å². The smallest absolute Gasteiger partial charge is 0.275 e. The molecule has 0 aromatic heterocycles. The number of hydrogen-bond donors (Lipinski definition) is 1. The molecule has 0 bridgehead atoms. The molecule has 1 aromatic carbocycles. The summed E-state index contributed by atoms with van der Waals surface area (Å²) in [6.07, 6.45) is 0. The van der Waals surface area contributed by atoms with Gasteiger partial charge in [0.15, 0.2) is 5.17 Å².